The second-order valence-corrected chi connectivity index (χ2v) is 6.19. The summed E-state index contributed by atoms with van der Waals surface area (Å²) in [6, 6.07) is 6.59. The second kappa shape index (κ2) is 6.32. The van der Waals surface area contributed by atoms with Gasteiger partial charge >= 0.3 is 0 Å². The molecule has 0 fully saturated rings. The fourth-order valence-electron chi connectivity index (χ4n) is 2.32. The number of amides is 1. The number of carbonyl (C=O) groups excluding carboxylic acids is 1. The molecular weight excluding hydrogens is 325 g/mol. The minimum atomic E-state index is -1.26. The van der Waals surface area contributed by atoms with Crippen molar-refractivity contribution >= 4 is 29.1 Å². The number of hydrogen-bond acceptors (Lipinski definition) is 3. The number of nitrogens with one attached hydrogen (secondary N) is 1. The predicted molar refractivity (Wildman–Crippen MR) is 86.5 cm³/mol. The number of carbonyl (C=O) groups is 1. The van der Waals surface area contributed by atoms with Gasteiger partial charge < -0.3 is 14.8 Å². The molecule has 22 heavy (non-hydrogen) atoms. The number of benzene rings is 1. The van der Waals surface area contributed by atoms with E-state index in [9.17, 15) is 9.90 Å². The van der Waals surface area contributed by atoms with Gasteiger partial charge in [0.05, 0.1) is 22.2 Å². The zero-order valence-corrected chi connectivity index (χ0v) is 14.0. The Hall–Kier alpha value is -1.49. The molecule has 2 N–H and O–H groups in total. The van der Waals surface area contributed by atoms with E-state index in [1.54, 1.807) is 45.0 Å². The van der Waals surface area contributed by atoms with Crippen molar-refractivity contribution in [2.75, 3.05) is 6.54 Å². The summed E-state index contributed by atoms with van der Waals surface area (Å²) in [5, 5.41) is 13.8. The van der Waals surface area contributed by atoms with E-state index < -0.39 is 11.5 Å². The summed E-state index contributed by atoms with van der Waals surface area (Å²) in [4.78, 5) is 12.2. The van der Waals surface area contributed by atoms with E-state index in [0.29, 0.717) is 17.1 Å². The monoisotopic (exact) mass is 341 g/mol. The van der Waals surface area contributed by atoms with Crippen LogP contribution in [0.2, 0.25) is 10.0 Å². The first-order valence-corrected chi connectivity index (χ1v) is 7.50. The van der Waals surface area contributed by atoms with Crippen LogP contribution in [-0.4, -0.2) is 17.6 Å². The minimum absolute atomic E-state index is 0.00714. The van der Waals surface area contributed by atoms with Crippen molar-refractivity contribution in [2.24, 2.45) is 0 Å². The number of halogens is 2. The highest BCUT2D eigenvalue weighted by Gasteiger charge is 2.29. The molecule has 2 aromatic rings. The molecule has 0 radical (unpaired) electrons. The Morgan fingerprint density at radius 1 is 1.32 bits per heavy atom. The van der Waals surface area contributed by atoms with Crippen LogP contribution < -0.4 is 5.32 Å². The quantitative estimate of drug-likeness (QED) is 0.887. The van der Waals surface area contributed by atoms with Crippen LogP contribution in [-0.2, 0) is 5.60 Å². The third-order valence-corrected chi connectivity index (χ3v) is 4.03. The van der Waals surface area contributed by atoms with Crippen molar-refractivity contribution in [1.29, 1.82) is 0 Å². The van der Waals surface area contributed by atoms with Crippen LogP contribution in [0.5, 0.6) is 0 Å². The third-order valence-electron chi connectivity index (χ3n) is 3.40. The Balaban J connectivity index is 2.15. The average Bonchev–Trinajstić information content (AvgIpc) is 2.76. The maximum Gasteiger partial charge on any atom is 0.254 e. The van der Waals surface area contributed by atoms with Crippen molar-refractivity contribution in [2.45, 2.75) is 26.4 Å². The van der Waals surface area contributed by atoms with E-state index in [-0.39, 0.29) is 22.2 Å². The topological polar surface area (TPSA) is 62.5 Å². The fourth-order valence-corrected chi connectivity index (χ4v) is 2.89. The zero-order valence-electron chi connectivity index (χ0n) is 12.5. The molecule has 1 atom stereocenters. The normalized spacial score (nSPS) is 13.7. The standard InChI is InChI=1S/C16H17Cl2NO3/c1-9-7-11(10(2)22-9)16(3,21)8-19-15(20)14-12(17)5-4-6-13(14)18/h4-7,21H,8H2,1-3H3,(H,19,20)/t16-/m0/s1. The maximum absolute atomic E-state index is 12.2. The van der Waals surface area contributed by atoms with E-state index in [1.807, 2.05) is 0 Å². The lowest BCUT2D eigenvalue weighted by Crippen LogP contribution is -2.39. The molecule has 2 rings (SSSR count). The van der Waals surface area contributed by atoms with E-state index >= 15 is 0 Å². The first kappa shape index (κ1) is 16.9. The Labute approximate surface area is 139 Å². The molecule has 0 saturated carbocycles. The van der Waals surface area contributed by atoms with Gasteiger partial charge in [-0.1, -0.05) is 29.3 Å². The highest BCUT2D eigenvalue weighted by Crippen LogP contribution is 2.27. The van der Waals surface area contributed by atoms with E-state index in [0.717, 1.165) is 0 Å². The summed E-state index contributed by atoms with van der Waals surface area (Å²) in [5.74, 6) is 0.884. The summed E-state index contributed by atoms with van der Waals surface area (Å²) in [6.45, 7) is 5.18. The Morgan fingerprint density at radius 2 is 1.91 bits per heavy atom. The van der Waals surface area contributed by atoms with Crippen LogP contribution in [0.15, 0.2) is 28.7 Å². The molecule has 118 valence electrons. The largest absolute Gasteiger partial charge is 0.466 e. The molecule has 1 aromatic carbocycles. The predicted octanol–water partition coefficient (Wildman–Crippen LogP) is 3.84. The van der Waals surface area contributed by atoms with Gasteiger partial charge in [0.25, 0.3) is 5.91 Å². The number of aliphatic hydroxyl groups is 1. The number of aryl methyl sites for hydroxylation is 2. The van der Waals surface area contributed by atoms with Crippen LogP contribution >= 0.6 is 23.2 Å². The van der Waals surface area contributed by atoms with Crippen LogP contribution in [0.3, 0.4) is 0 Å². The first-order valence-electron chi connectivity index (χ1n) is 6.74. The lowest BCUT2D eigenvalue weighted by molar-refractivity contribution is 0.0514. The third kappa shape index (κ3) is 3.46. The smallest absolute Gasteiger partial charge is 0.254 e. The maximum atomic E-state index is 12.2. The van der Waals surface area contributed by atoms with Crippen LogP contribution in [0.4, 0.5) is 0 Å². The molecule has 0 aliphatic rings. The van der Waals surface area contributed by atoms with Crippen molar-refractivity contribution in [3.63, 3.8) is 0 Å². The summed E-state index contributed by atoms with van der Waals surface area (Å²) >= 11 is 12.0. The van der Waals surface area contributed by atoms with Gasteiger partial charge in [-0.2, -0.15) is 0 Å². The van der Waals surface area contributed by atoms with Crippen LogP contribution in [0.25, 0.3) is 0 Å². The highest BCUT2D eigenvalue weighted by atomic mass is 35.5. The van der Waals surface area contributed by atoms with Crippen molar-refractivity contribution in [1.82, 2.24) is 5.32 Å². The van der Waals surface area contributed by atoms with Crippen molar-refractivity contribution in [3.05, 3.63) is 57.0 Å². The number of hydrogen-bond donors (Lipinski definition) is 2. The summed E-state index contributed by atoms with van der Waals surface area (Å²) in [6.07, 6.45) is 0. The molecule has 6 heteroatoms. The van der Waals surface area contributed by atoms with Crippen molar-refractivity contribution < 1.29 is 14.3 Å². The van der Waals surface area contributed by atoms with Crippen LogP contribution in [0.1, 0.15) is 34.4 Å². The molecule has 4 nitrogen and oxygen atoms in total. The minimum Gasteiger partial charge on any atom is -0.466 e. The molecule has 1 amide bonds. The summed E-state index contributed by atoms with van der Waals surface area (Å²) < 4.78 is 5.42. The first-order chi connectivity index (χ1) is 10.2. The molecule has 1 heterocycles. The molecule has 0 spiro atoms. The zero-order chi connectivity index (χ0) is 16.5. The fraction of sp³-hybridized carbons (Fsp3) is 0.312. The molecule has 0 bridgehead atoms. The molecule has 0 saturated heterocycles. The van der Waals surface area contributed by atoms with E-state index in [1.165, 1.54) is 0 Å². The Kier molecular flexibility index (Phi) is 4.85. The van der Waals surface area contributed by atoms with Crippen LogP contribution in [0, 0.1) is 13.8 Å². The SMILES string of the molecule is Cc1cc([C@@](C)(O)CNC(=O)c2c(Cl)cccc2Cl)c(C)o1. The lowest BCUT2D eigenvalue weighted by atomic mass is 9.96. The van der Waals surface area contributed by atoms with E-state index in [4.69, 9.17) is 27.6 Å². The Morgan fingerprint density at radius 3 is 2.41 bits per heavy atom. The van der Waals surface area contributed by atoms with Gasteiger partial charge in [-0.25, -0.2) is 0 Å². The van der Waals surface area contributed by atoms with Gasteiger partial charge in [0.1, 0.15) is 17.1 Å². The second-order valence-electron chi connectivity index (χ2n) is 5.38. The van der Waals surface area contributed by atoms with Gasteiger partial charge in [-0.3, -0.25) is 4.79 Å². The van der Waals surface area contributed by atoms with Gasteiger partial charge in [0.2, 0.25) is 0 Å². The lowest BCUT2D eigenvalue weighted by Gasteiger charge is -2.23. The molecule has 0 aliphatic heterocycles. The van der Waals surface area contributed by atoms with Crippen molar-refractivity contribution in [3.8, 4) is 0 Å². The molecule has 0 aliphatic carbocycles. The van der Waals surface area contributed by atoms with Gasteiger partial charge in [-0.05, 0) is 39.0 Å². The molecular formula is C16H17Cl2NO3. The molecule has 1 aromatic heterocycles. The Bertz CT molecular complexity index is 687. The molecule has 0 unspecified atom stereocenters. The number of rotatable bonds is 4. The van der Waals surface area contributed by atoms with Gasteiger partial charge in [0, 0.05) is 5.56 Å². The summed E-state index contributed by atoms with van der Waals surface area (Å²) in [5.41, 5.74) is -0.428. The van der Waals surface area contributed by atoms with Gasteiger partial charge in [-0.15, -0.1) is 0 Å². The van der Waals surface area contributed by atoms with Gasteiger partial charge in [0.15, 0.2) is 0 Å². The summed E-state index contributed by atoms with van der Waals surface area (Å²) in [7, 11) is 0. The average molecular weight is 342 g/mol. The highest BCUT2D eigenvalue weighted by molar-refractivity contribution is 6.39. The van der Waals surface area contributed by atoms with E-state index in [2.05, 4.69) is 5.32 Å². The number of furan rings is 1.